The SMILES string of the molecule is CCOC(=O)C1=C(C)N=c2s/c(=C\c3ccc(OCc4ccc([N+](=O)O)cc4)c(OC)c3)c(=O)n2C1c1ccccc1. The molecule has 0 radical (unpaired) electrons. The van der Waals surface area contributed by atoms with Crippen molar-refractivity contribution >= 4 is 29.1 Å². The summed E-state index contributed by atoms with van der Waals surface area (Å²) >= 11 is 1.24. The lowest BCUT2D eigenvalue weighted by Crippen LogP contribution is -2.39. The first kappa shape index (κ1) is 28.5. The molecule has 3 aromatic carbocycles. The molecule has 0 bridgehead atoms. The van der Waals surface area contributed by atoms with Crippen molar-refractivity contribution in [2.75, 3.05) is 13.7 Å². The zero-order valence-electron chi connectivity index (χ0n) is 23.1. The highest BCUT2D eigenvalue weighted by atomic mass is 32.1. The summed E-state index contributed by atoms with van der Waals surface area (Å²) in [7, 11) is 1.53. The summed E-state index contributed by atoms with van der Waals surface area (Å²) in [5, 5.41) is 9.00. The molecule has 42 heavy (non-hydrogen) atoms. The first-order valence-electron chi connectivity index (χ1n) is 13.1. The predicted octanol–water partition coefficient (Wildman–Crippen LogP) is 4.19. The fourth-order valence-electron chi connectivity index (χ4n) is 4.67. The minimum absolute atomic E-state index is 0.119. The summed E-state index contributed by atoms with van der Waals surface area (Å²) in [6, 6.07) is 20.3. The van der Waals surface area contributed by atoms with Crippen molar-refractivity contribution in [1.82, 2.24) is 4.57 Å². The molecule has 214 valence electrons. The van der Waals surface area contributed by atoms with Gasteiger partial charge in [0.1, 0.15) is 6.61 Å². The molecule has 0 spiro atoms. The van der Waals surface area contributed by atoms with Gasteiger partial charge in [0.2, 0.25) is 0 Å². The minimum Gasteiger partial charge on any atom is -0.493 e. The minimum atomic E-state index is -0.669. The number of nitrogens with zero attached hydrogens (tertiary/aromatic N) is 3. The maximum atomic E-state index is 13.8. The van der Waals surface area contributed by atoms with Crippen LogP contribution in [0.1, 0.15) is 36.6 Å². The zero-order chi connectivity index (χ0) is 29.8. The Hall–Kier alpha value is -5.03. The molecule has 1 aliphatic heterocycles. The van der Waals surface area contributed by atoms with Gasteiger partial charge < -0.3 is 14.2 Å². The number of fused-ring (bicyclic) bond motifs is 1. The van der Waals surface area contributed by atoms with Crippen LogP contribution >= 0.6 is 11.3 Å². The molecule has 0 saturated heterocycles. The second-order valence-corrected chi connectivity index (χ2v) is 10.4. The maximum Gasteiger partial charge on any atom is 0.338 e. The molecule has 1 unspecified atom stereocenters. The van der Waals surface area contributed by atoms with Crippen LogP contribution in [0.3, 0.4) is 0 Å². The van der Waals surface area contributed by atoms with Crippen molar-refractivity contribution in [2.24, 2.45) is 4.99 Å². The molecular weight excluding hydrogens is 558 g/mol. The van der Waals surface area contributed by atoms with Gasteiger partial charge in [-0.25, -0.2) is 15.0 Å². The van der Waals surface area contributed by atoms with Crippen LogP contribution in [-0.2, 0) is 16.1 Å². The molecule has 0 amide bonds. The number of carbonyl (C=O) groups excluding carboxylic acids is 1. The number of rotatable bonds is 9. The van der Waals surface area contributed by atoms with E-state index in [1.54, 1.807) is 48.8 Å². The zero-order valence-corrected chi connectivity index (χ0v) is 24.0. The van der Waals surface area contributed by atoms with Crippen LogP contribution in [0.4, 0.5) is 5.69 Å². The Bertz CT molecular complexity index is 1860. The van der Waals surface area contributed by atoms with Gasteiger partial charge >= 0.3 is 11.7 Å². The van der Waals surface area contributed by atoms with E-state index in [0.717, 1.165) is 11.1 Å². The van der Waals surface area contributed by atoms with Crippen LogP contribution < -0.4 is 24.4 Å². The van der Waals surface area contributed by atoms with Gasteiger partial charge in [-0.2, -0.15) is 0 Å². The monoisotopic (exact) mass is 586 g/mol. The fraction of sp³-hybridized carbons (Fsp3) is 0.194. The number of aromatic nitrogens is 1. The third kappa shape index (κ3) is 5.72. The van der Waals surface area contributed by atoms with E-state index in [9.17, 15) is 14.5 Å². The molecule has 0 aliphatic carbocycles. The molecule has 4 aromatic rings. The van der Waals surface area contributed by atoms with E-state index in [1.165, 1.54) is 30.6 Å². The van der Waals surface area contributed by atoms with E-state index in [1.807, 2.05) is 36.4 Å². The fourth-order valence-corrected chi connectivity index (χ4v) is 5.71. The van der Waals surface area contributed by atoms with E-state index in [0.29, 0.717) is 37.7 Å². The highest BCUT2D eigenvalue weighted by Gasteiger charge is 2.33. The van der Waals surface area contributed by atoms with Crippen molar-refractivity contribution in [2.45, 2.75) is 26.5 Å². The summed E-state index contributed by atoms with van der Waals surface area (Å²) in [4.78, 5) is 42.7. The average Bonchev–Trinajstić information content (AvgIpc) is 3.30. The van der Waals surface area contributed by atoms with Crippen LogP contribution in [0.5, 0.6) is 11.5 Å². The van der Waals surface area contributed by atoms with Crippen LogP contribution in [0.15, 0.2) is 93.9 Å². The second-order valence-electron chi connectivity index (χ2n) is 9.35. The lowest BCUT2D eigenvalue weighted by atomic mass is 9.96. The van der Waals surface area contributed by atoms with Crippen LogP contribution in [0.2, 0.25) is 0 Å². The maximum absolute atomic E-state index is 13.8. The van der Waals surface area contributed by atoms with E-state index >= 15 is 0 Å². The van der Waals surface area contributed by atoms with E-state index in [2.05, 4.69) is 4.99 Å². The van der Waals surface area contributed by atoms with Gasteiger partial charge in [-0.1, -0.05) is 47.7 Å². The molecule has 11 heteroatoms. The highest BCUT2D eigenvalue weighted by molar-refractivity contribution is 7.07. The average molecular weight is 587 g/mol. The number of hydrogen-bond donors (Lipinski definition) is 1. The third-order valence-corrected chi connectivity index (χ3v) is 7.65. The largest absolute Gasteiger partial charge is 0.493 e. The smallest absolute Gasteiger partial charge is 0.338 e. The molecule has 1 N–H and O–H groups in total. The van der Waals surface area contributed by atoms with Crippen molar-refractivity contribution in [3.05, 3.63) is 125 Å². The standard InChI is InChI=1S/C31H28N3O7S/c1-4-40-30(36)27-19(2)32-31-33(28(27)22-8-6-5-7-9-22)29(35)26(42-31)17-21-12-15-24(25(16-21)39-3)41-18-20-10-13-23(14-11-20)34(37)38/h5-17,28H,4,18H2,1-3H3,(H,37,38)/q+1/b26-17-. The van der Waals surface area contributed by atoms with E-state index < -0.39 is 12.0 Å². The van der Waals surface area contributed by atoms with Gasteiger partial charge in [0.15, 0.2) is 16.3 Å². The molecule has 0 fully saturated rings. The van der Waals surface area contributed by atoms with Gasteiger partial charge in [0.05, 0.1) is 40.5 Å². The lowest BCUT2D eigenvalue weighted by molar-refractivity contribution is -0.729. The summed E-state index contributed by atoms with van der Waals surface area (Å²) < 4.78 is 18.8. The molecule has 0 saturated carbocycles. The number of ether oxygens (including phenoxy) is 3. The van der Waals surface area contributed by atoms with Crippen LogP contribution in [0, 0.1) is 4.91 Å². The summed E-state index contributed by atoms with van der Waals surface area (Å²) in [5.74, 6) is 0.461. The number of esters is 1. The van der Waals surface area contributed by atoms with Gasteiger partial charge in [-0.05, 0) is 60.9 Å². The van der Waals surface area contributed by atoms with Crippen LogP contribution in [0.25, 0.3) is 6.08 Å². The Morgan fingerprint density at radius 1 is 1.10 bits per heavy atom. The number of methoxy groups -OCH3 is 1. The van der Waals surface area contributed by atoms with Crippen molar-refractivity contribution in [3.63, 3.8) is 0 Å². The van der Waals surface area contributed by atoms with Crippen molar-refractivity contribution in [1.29, 1.82) is 0 Å². The van der Waals surface area contributed by atoms with Gasteiger partial charge in [-0.3, -0.25) is 9.36 Å². The Labute approximate surface area is 244 Å². The Morgan fingerprint density at radius 2 is 1.83 bits per heavy atom. The van der Waals surface area contributed by atoms with Crippen molar-refractivity contribution < 1.29 is 29.1 Å². The first-order chi connectivity index (χ1) is 20.3. The number of carbonyl (C=O) groups is 1. The summed E-state index contributed by atoms with van der Waals surface area (Å²) in [6.45, 7) is 3.91. The molecule has 2 heterocycles. The molecule has 1 atom stereocenters. The number of benzene rings is 3. The van der Waals surface area contributed by atoms with E-state index in [4.69, 9.17) is 19.4 Å². The normalized spacial score (nSPS) is 14.6. The molecule has 5 rings (SSSR count). The number of thiazole rings is 1. The quantitative estimate of drug-likeness (QED) is 0.231. The summed E-state index contributed by atoms with van der Waals surface area (Å²) in [6.07, 6.45) is 1.75. The number of hydrogen-bond acceptors (Lipinski definition) is 8. The summed E-state index contributed by atoms with van der Waals surface area (Å²) in [5.41, 5.74) is 2.97. The second kappa shape index (κ2) is 12.2. The Kier molecular flexibility index (Phi) is 8.30. The molecule has 10 nitrogen and oxygen atoms in total. The lowest BCUT2D eigenvalue weighted by Gasteiger charge is -2.24. The predicted molar refractivity (Wildman–Crippen MR) is 156 cm³/mol. The highest BCUT2D eigenvalue weighted by Crippen LogP contribution is 2.31. The van der Waals surface area contributed by atoms with Crippen LogP contribution in [-0.4, -0.2) is 34.4 Å². The first-order valence-corrected chi connectivity index (χ1v) is 13.9. The molecule has 1 aromatic heterocycles. The number of allylic oxidation sites excluding steroid dienone is 1. The van der Waals surface area contributed by atoms with Gasteiger partial charge in [0, 0.05) is 12.1 Å². The van der Waals surface area contributed by atoms with Gasteiger partial charge in [0.25, 0.3) is 10.5 Å². The Morgan fingerprint density at radius 3 is 2.50 bits per heavy atom. The Balaban J connectivity index is 1.49. The molecule has 1 aliphatic rings. The van der Waals surface area contributed by atoms with Gasteiger partial charge in [-0.15, -0.1) is 0 Å². The van der Waals surface area contributed by atoms with E-state index in [-0.39, 0.29) is 29.4 Å². The third-order valence-electron chi connectivity index (χ3n) is 6.67. The van der Waals surface area contributed by atoms with Crippen molar-refractivity contribution in [3.8, 4) is 11.5 Å². The topological polar surface area (TPSA) is 119 Å². The molecular formula is C31H28N3O7S+.